The van der Waals surface area contributed by atoms with Gasteiger partial charge in [-0.25, -0.2) is 0 Å². The van der Waals surface area contributed by atoms with Gasteiger partial charge in [-0.05, 0) is 11.1 Å². The minimum Gasteiger partial charge on any atom is -0.285 e. The zero-order valence-corrected chi connectivity index (χ0v) is 10.5. The summed E-state index contributed by atoms with van der Waals surface area (Å²) in [6, 6.07) is 17.8. The third kappa shape index (κ3) is 3.18. The highest BCUT2D eigenvalue weighted by Crippen LogP contribution is 2.24. The van der Waals surface area contributed by atoms with Gasteiger partial charge in [0.25, 0.3) is 10.1 Å². The molecule has 0 spiro atoms. The molecule has 1 radical (unpaired) electrons. The summed E-state index contributed by atoms with van der Waals surface area (Å²) in [4.78, 5) is 0. The number of benzene rings is 2. The predicted molar refractivity (Wildman–Crippen MR) is 70.5 cm³/mol. The molecule has 93 valence electrons. The van der Waals surface area contributed by atoms with Gasteiger partial charge < -0.3 is 0 Å². The van der Waals surface area contributed by atoms with Crippen molar-refractivity contribution in [1.29, 1.82) is 0 Å². The van der Waals surface area contributed by atoms with Crippen molar-refractivity contribution in [1.82, 2.24) is 0 Å². The van der Waals surface area contributed by atoms with Crippen LogP contribution in [0.2, 0.25) is 0 Å². The van der Waals surface area contributed by atoms with Gasteiger partial charge in [-0.3, -0.25) is 4.55 Å². The zero-order chi connectivity index (χ0) is 13.0. The molecule has 2 rings (SSSR count). The van der Waals surface area contributed by atoms with Crippen LogP contribution in [0.25, 0.3) is 0 Å². The van der Waals surface area contributed by atoms with Crippen molar-refractivity contribution in [2.75, 3.05) is 0 Å². The van der Waals surface area contributed by atoms with E-state index >= 15 is 0 Å². The molecule has 0 aliphatic heterocycles. The summed E-state index contributed by atoms with van der Waals surface area (Å²) in [5, 5.41) is 0.0225. The topological polar surface area (TPSA) is 54.4 Å². The Morgan fingerprint density at radius 1 is 0.889 bits per heavy atom. The van der Waals surface area contributed by atoms with Crippen molar-refractivity contribution in [2.24, 2.45) is 0 Å². The third-order valence-electron chi connectivity index (χ3n) is 2.61. The molecule has 1 N–H and O–H groups in total. The normalized spacial score (nSPS) is 11.7. The SMILES string of the molecule is O=S(=O)(O)[C](Cc1ccccc1)c1ccccc1. The van der Waals surface area contributed by atoms with Gasteiger partial charge >= 0.3 is 0 Å². The van der Waals surface area contributed by atoms with E-state index in [2.05, 4.69) is 0 Å². The van der Waals surface area contributed by atoms with Gasteiger partial charge in [0, 0.05) is 6.42 Å². The largest absolute Gasteiger partial charge is 0.285 e. The zero-order valence-electron chi connectivity index (χ0n) is 9.65. The fourth-order valence-electron chi connectivity index (χ4n) is 1.75. The van der Waals surface area contributed by atoms with Crippen LogP contribution in [0, 0.1) is 5.25 Å². The summed E-state index contributed by atoms with van der Waals surface area (Å²) < 4.78 is 32.2. The smallest absolute Gasteiger partial charge is 0.277 e. The van der Waals surface area contributed by atoms with Crippen molar-refractivity contribution < 1.29 is 13.0 Å². The van der Waals surface area contributed by atoms with Crippen LogP contribution in [0.1, 0.15) is 11.1 Å². The first-order valence-electron chi connectivity index (χ1n) is 5.50. The maximum absolute atomic E-state index is 11.5. The summed E-state index contributed by atoms with van der Waals surface area (Å²) in [7, 11) is -4.20. The Bertz CT molecular complexity index is 591. The van der Waals surface area contributed by atoms with Crippen molar-refractivity contribution in [3.8, 4) is 0 Å². The van der Waals surface area contributed by atoms with Crippen LogP contribution in [-0.2, 0) is 16.5 Å². The van der Waals surface area contributed by atoms with Crippen LogP contribution >= 0.6 is 0 Å². The lowest BCUT2D eigenvalue weighted by atomic mass is 10.0. The molecule has 3 nitrogen and oxygen atoms in total. The van der Waals surface area contributed by atoms with Crippen LogP contribution in [0.5, 0.6) is 0 Å². The lowest BCUT2D eigenvalue weighted by molar-refractivity contribution is 0.484. The van der Waals surface area contributed by atoms with E-state index in [-0.39, 0.29) is 11.7 Å². The molecule has 2 aromatic rings. The molecule has 0 aromatic heterocycles. The number of hydrogen-bond donors (Lipinski definition) is 1. The third-order valence-corrected chi connectivity index (χ3v) is 3.62. The summed E-state index contributed by atoms with van der Waals surface area (Å²) >= 11 is 0. The minimum absolute atomic E-state index is 0.0225. The lowest BCUT2D eigenvalue weighted by Gasteiger charge is -2.13. The Morgan fingerprint density at radius 3 is 1.89 bits per heavy atom. The Labute approximate surface area is 107 Å². The maximum atomic E-state index is 11.5. The predicted octanol–water partition coefficient (Wildman–Crippen LogP) is 2.70. The standard InChI is InChI=1S/C14H13O3S/c15-18(16,17)14(13-9-5-2-6-10-13)11-12-7-3-1-4-8-12/h1-10H,11H2,(H,15,16,17). The second kappa shape index (κ2) is 5.33. The Kier molecular flexibility index (Phi) is 3.79. The van der Waals surface area contributed by atoms with E-state index in [9.17, 15) is 13.0 Å². The molecule has 2 aromatic carbocycles. The molecule has 0 bridgehead atoms. The number of hydrogen-bond acceptors (Lipinski definition) is 2. The number of rotatable bonds is 4. The highest BCUT2D eigenvalue weighted by Gasteiger charge is 2.26. The summed E-state index contributed by atoms with van der Waals surface area (Å²) in [6.07, 6.45) is 0.184. The van der Waals surface area contributed by atoms with Gasteiger partial charge in [-0.15, -0.1) is 0 Å². The molecular formula is C14H13O3S. The molecule has 0 aliphatic carbocycles. The van der Waals surface area contributed by atoms with Crippen LogP contribution in [0.3, 0.4) is 0 Å². The molecule has 0 fully saturated rings. The molecule has 18 heavy (non-hydrogen) atoms. The molecule has 0 amide bonds. The van der Waals surface area contributed by atoms with Gasteiger partial charge in [0.2, 0.25) is 0 Å². The maximum Gasteiger partial charge on any atom is 0.277 e. The van der Waals surface area contributed by atoms with Gasteiger partial charge in [-0.1, -0.05) is 60.7 Å². The lowest BCUT2D eigenvalue weighted by Crippen LogP contribution is -2.15. The van der Waals surface area contributed by atoms with Gasteiger partial charge in [-0.2, -0.15) is 8.42 Å². The average Bonchev–Trinajstić information content (AvgIpc) is 2.37. The average molecular weight is 261 g/mol. The second-order valence-corrected chi connectivity index (χ2v) is 5.37. The Balaban J connectivity index is 2.34. The van der Waals surface area contributed by atoms with Crippen molar-refractivity contribution in [2.45, 2.75) is 6.42 Å². The molecule has 0 unspecified atom stereocenters. The van der Waals surface area contributed by atoms with Crippen molar-refractivity contribution in [3.05, 3.63) is 77.0 Å². The molecule has 0 saturated carbocycles. The van der Waals surface area contributed by atoms with Crippen molar-refractivity contribution >= 4 is 10.1 Å². The summed E-state index contributed by atoms with van der Waals surface area (Å²) in [5.74, 6) is 0. The molecule has 0 aliphatic rings. The fourth-order valence-corrected chi connectivity index (χ4v) is 2.53. The Morgan fingerprint density at radius 2 is 1.39 bits per heavy atom. The fraction of sp³-hybridized carbons (Fsp3) is 0.0714. The quantitative estimate of drug-likeness (QED) is 0.861. The molecule has 0 atom stereocenters. The van der Waals surface area contributed by atoms with Crippen molar-refractivity contribution in [3.63, 3.8) is 0 Å². The monoisotopic (exact) mass is 261 g/mol. The van der Waals surface area contributed by atoms with Gasteiger partial charge in [0.15, 0.2) is 5.25 Å². The summed E-state index contributed by atoms with van der Waals surface area (Å²) in [5.41, 5.74) is 1.36. The van der Waals surface area contributed by atoms with Gasteiger partial charge in [0.05, 0.1) is 0 Å². The first-order valence-corrected chi connectivity index (χ1v) is 6.94. The minimum atomic E-state index is -4.20. The second-order valence-electron chi connectivity index (χ2n) is 3.93. The van der Waals surface area contributed by atoms with Crippen LogP contribution < -0.4 is 0 Å². The molecule has 4 heteroatoms. The molecular weight excluding hydrogens is 248 g/mol. The van der Waals surface area contributed by atoms with E-state index in [1.54, 1.807) is 30.3 Å². The van der Waals surface area contributed by atoms with E-state index in [0.717, 1.165) is 5.56 Å². The summed E-state index contributed by atoms with van der Waals surface area (Å²) in [6.45, 7) is 0. The van der Waals surface area contributed by atoms with E-state index in [4.69, 9.17) is 0 Å². The van der Waals surface area contributed by atoms with E-state index in [0.29, 0.717) is 5.56 Å². The van der Waals surface area contributed by atoms with Crippen LogP contribution in [0.15, 0.2) is 60.7 Å². The Hall–Kier alpha value is -1.65. The highest BCUT2D eigenvalue weighted by molar-refractivity contribution is 7.89. The van der Waals surface area contributed by atoms with E-state index in [1.165, 1.54) is 0 Å². The first kappa shape index (κ1) is 12.8. The van der Waals surface area contributed by atoms with E-state index in [1.807, 2.05) is 30.3 Å². The molecule has 0 saturated heterocycles. The first-order chi connectivity index (χ1) is 8.57. The van der Waals surface area contributed by atoms with E-state index < -0.39 is 10.1 Å². The van der Waals surface area contributed by atoms with Crippen LogP contribution in [0.4, 0.5) is 0 Å². The van der Waals surface area contributed by atoms with Gasteiger partial charge in [0.1, 0.15) is 0 Å². The molecule has 0 heterocycles. The highest BCUT2D eigenvalue weighted by atomic mass is 32.2. The van der Waals surface area contributed by atoms with Crippen LogP contribution in [-0.4, -0.2) is 13.0 Å².